The molecular formula is C18H18N2O3S. The lowest BCUT2D eigenvalue weighted by molar-refractivity contribution is 0.414. The van der Waals surface area contributed by atoms with Crippen LogP contribution in [0.5, 0.6) is 5.75 Å². The second kappa shape index (κ2) is 6.59. The molecule has 0 radical (unpaired) electrons. The first kappa shape index (κ1) is 16.4. The van der Waals surface area contributed by atoms with Crippen molar-refractivity contribution in [1.82, 2.24) is 9.71 Å². The van der Waals surface area contributed by atoms with Gasteiger partial charge in [-0.1, -0.05) is 24.3 Å². The Morgan fingerprint density at radius 3 is 2.58 bits per heavy atom. The van der Waals surface area contributed by atoms with Crippen LogP contribution in [0.1, 0.15) is 11.1 Å². The summed E-state index contributed by atoms with van der Waals surface area (Å²) in [6, 6.07) is 14.3. The van der Waals surface area contributed by atoms with E-state index in [0.717, 1.165) is 22.3 Å². The number of pyridine rings is 1. The van der Waals surface area contributed by atoms with Crippen LogP contribution >= 0.6 is 0 Å². The van der Waals surface area contributed by atoms with E-state index >= 15 is 0 Å². The number of sulfonamides is 1. The number of aryl methyl sites for hydroxylation is 1. The lowest BCUT2D eigenvalue weighted by atomic mass is 10.2. The van der Waals surface area contributed by atoms with Gasteiger partial charge in [0.15, 0.2) is 0 Å². The molecule has 0 unspecified atom stereocenters. The first-order valence-electron chi connectivity index (χ1n) is 7.47. The van der Waals surface area contributed by atoms with E-state index in [1.54, 1.807) is 37.6 Å². The molecule has 1 aromatic heterocycles. The van der Waals surface area contributed by atoms with Crippen molar-refractivity contribution in [3.05, 3.63) is 65.9 Å². The molecule has 0 spiro atoms. The van der Waals surface area contributed by atoms with Gasteiger partial charge in [-0.25, -0.2) is 13.1 Å². The fourth-order valence-corrected chi connectivity index (χ4v) is 3.65. The molecule has 24 heavy (non-hydrogen) atoms. The molecule has 5 nitrogen and oxygen atoms in total. The van der Waals surface area contributed by atoms with Gasteiger partial charge in [-0.05, 0) is 42.3 Å². The maximum Gasteiger partial charge on any atom is 0.243 e. The van der Waals surface area contributed by atoms with Gasteiger partial charge in [-0.15, -0.1) is 0 Å². The summed E-state index contributed by atoms with van der Waals surface area (Å²) >= 11 is 0. The summed E-state index contributed by atoms with van der Waals surface area (Å²) in [4.78, 5) is 4.48. The third-order valence-corrected chi connectivity index (χ3v) is 5.16. The number of fused-ring (bicyclic) bond motifs is 1. The first-order valence-corrected chi connectivity index (χ1v) is 8.96. The first-order chi connectivity index (χ1) is 11.5. The molecule has 0 aliphatic rings. The quantitative estimate of drug-likeness (QED) is 0.774. The Kier molecular flexibility index (Phi) is 4.51. The monoisotopic (exact) mass is 342 g/mol. The fraction of sp³-hybridized carbons (Fsp3) is 0.167. The number of nitrogens with one attached hydrogen (secondary N) is 1. The van der Waals surface area contributed by atoms with Crippen molar-refractivity contribution in [3.63, 3.8) is 0 Å². The molecule has 0 saturated heterocycles. The van der Waals surface area contributed by atoms with Gasteiger partial charge in [0.2, 0.25) is 10.0 Å². The van der Waals surface area contributed by atoms with Crippen molar-refractivity contribution < 1.29 is 13.2 Å². The minimum Gasteiger partial charge on any atom is -0.497 e. The Bertz CT molecular complexity index is 967. The summed E-state index contributed by atoms with van der Waals surface area (Å²) in [6.07, 6.45) is 1.67. The molecule has 1 N–H and O–H groups in total. The predicted molar refractivity (Wildman–Crippen MR) is 93.5 cm³/mol. The van der Waals surface area contributed by atoms with Crippen LogP contribution in [-0.2, 0) is 16.6 Å². The number of aromatic nitrogens is 1. The van der Waals surface area contributed by atoms with Crippen LogP contribution in [0, 0.1) is 6.92 Å². The fourth-order valence-electron chi connectivity index (χ4n) is 2.46. The molecule has 124 valence electrons. The highest BCUT2D eigenvalue weighted by Crippen LogP contribution is 2.22. The average Bonchev–Trinajstić information content (AvgIpc) is 2.59. The number of benzene rings is 2. The summed E-state index contributed by atoms with van der Waals surface area (Å²) in [7, 11) is -2.07. The van der Waals surface area contributed by atoms with Crippen LogP contribution in [0.3, 0.4) is 0 Å². The van der Waals surface area contributed by atoms with E-state index in [1.807, 2.05) is 31.2 Å². The van der Waals surface area contributed by atoms with E-state index in [4.69, 9.17) is 4.74 Å². The highest BCUT2D eigenvalue weighted by Gasteiger charge is 2.18. The van der Waals surface area contributed by atoms with Crippen LogP contribution < -0.4 is 9.46 Å². The molecule has 0 amide bonds. The highest BCUT2D eigenvalue weighted by atomic mass is 32.2. The smallest absolute Gasteiger partial charge is 0.243 e. The lowest BCUT2D eigenvalue weighted by Crippen LogP contribution is -2.23. The largest absolute Gasteiger partial charge is 0.497 e. The van der Waals surface area contributed by atoms with Gasteiger partial charge in [-0.3, -0.25) is 4.98 Å². The molecule has 2 aromatic carbocycles. The average molecular weight is 342 g/mol. The van der Waals surface area contributed by atoms with Gasteiger partial charge in [0.1, 0.15) is 10.6 Å². The third-order valence-electron chi connectivity index (χ3n) is 3.73. The zero-order valence-corrected chi connectivity index (χ0v) is 14.3. The molecule has 3 rings (SSSR count). The van der Waals surface area contributed by atoms with Crippen LogP contribution in [-0.4, -0.2) is 20.5 Å². The standard InChI is InChI=1S/C18H18N2O3S/c1-13-10-15-4-3-5-17(18(15)19-11-13)24(21,22)20-12-14-6-8-16(23-2)9-7-14/h3-11,20H,12H2,1-2H3. The summed E-state index contributed by atoms with van der Waals surface area (Å²) in [5.74, 6) is 0.732. The van der Waals surface area contributed by atoms with Gasteiger partial charge in [0, 0.05) is 18.1 Å². The molecule has 0 atom stereocenters. The number of methoxy groups -OCH3 is 1. The predicted octanol–water partition coefficient (Wildman–Crippen LogP) is 3.03. The van der Waals surface area contributed by atoms with Crippen molar-refractivity contribution >= 4 is 20.9 Å². The zero-order chi connectivity index (χ0) is 17.2. The lowest BCUT2D eigenvalue weighted by Gasteiger charge is -2.10. The van der Waals surface area contributed by atoms with E-state index in [9.17, 15) is 8.42 Å². The zero-order valence-electron chi connectivity index (χ0n) is 13.5. The van der Waals surface area contributed by atoms with Gasteiger partial charge in [0.05, 0.1) is 12.6 Å². The minimum atomic E-state index is -3.66. The number of hydrogen-bond donors (Lipinski definition) is 1. The molecule has 6 heteroatoms. The minimum absolute atomic E-state index is 0.188. The van der Waals surface area contributed by atoms with E-state index < -0.39 is 10.0 Å². The van der Waals surface area contributed by atoms with Crippen LogP contribution in [0.4, 0.5) is 0 Å². The Morgan fingerprint density at radius 1 is 1.12 bits per heavy atom. The Balaban J connectivity index is 1.87. The molecule has 0 saturated carbocycles. The SMILES string of the molecule is COc1ccc(CNS(=O)(=O)c2cccc3cc(C)cnc23)cc1. The topological polar surface area (TPSA) is 68.3 Å². The molecular weight excluding hydrogens is 324 g/mol. The molecule has 0 aliphatic heterocycles. The van der Waals surface area contributed by atoms with E-state index in [-0.39, 0.29) is 11.4 Å². The van der Waals surface area contributed by atoms with Crippen LogP contribution in [0.25, 0.3) is 10.9 Å². The highest BCUT2D eigenvalue weighted by molar-refractivity contribution is 7.89. The van der Waals surface area contributed by atoms with E-state index in [0.29, 0.717) is 5.52 Å². The van der Waals surface area contributed by atoms with Crippen molar-refractivity contribution in [3.8, 4) is 5.75 Å². The number of rotatable bonds is 5. The van der Waals surface area contributed by atoms with E-state index in [2.05, 4.69) is 9.71 Å². The van der Waals surface area contributed by atoms with Gasteiger partial charge in [-0.2, -0.15) is 0 Å². The molecule has 0 aliphatic carbocycles. The molecule has 0 fully saturated rings. The van der Waals surface area contributed by atoms with Crippen LogP contribution in [0.15, 0.2) is 59.6 Å². The number of hydrogen-bond acceptors (Lipinski definition) is 4. The number of nitrogens with zero attached hydrogens (tertiary/aromatic N) is 1. The molecule has 3 aromatic rings. The normalized spacial score (nSPS) is 11.6. The Hall–Kier alpha value is -2.44. The summed E-state index contributed by atoms with van der Waals surface area (Å²) in [5.41, 5.74) is 2.32. The Morgan fingerprint density at radius 2 is 1.88 bits per heavy atom. The molecule has 1 heterocycles. The Labute approximate surface area is 141 Å². The molecule has 0 bridgehead atoms. The van der Waals surface area contributed by atoms with Crippen molar-refractivity contribution in [2.45, 2.75) is 18.4 Å². The summed E-state index contributed by atoms with van der Waals surface area (Å²) in [6.45, 7) is 2.13. The number of ether oxygens (including phenoxy) is 1. The van der Waals surface area contributed by atoms with Crippen molar-refractivity contribution in [2.75, 3.05) is 7.11 Å². The second-order valence-corrected chi connectivity index (χ2v) is 7.25. The van der Waals surface area contributed by atoms with Gasteiger partial charge >= 0.3 is 0 Å². The second-order valence-electron chi connectivity index (χ2n) is 5.51. The van der Waals surface area contributed by atoms with Gasteiger partial charge in [0.25, 0.3) is 0 Å². The van der Waals surface area contributed by atoms with E-state index in [1.165, 1.54) is 0 Å². The van der Waals surface area contributed by atoms with Gasteiger partial charge < -0.3 is 4.74 Å². The maximum atomic E-state index is 12.7. The van der Waals surface area contributed by atoms with Crippen molar-refractivity contribution in [2.24, 2.45) is 0 Å². The number of para-hydroxylation sites is 1. The summed E-state index contributed by atoms with van der Waals surface area (Å²) in [5, 5.41) is 0.808. The van der Waals surface area contributed by atoms with Crippen molar-refractivity contribution in [1.29, 1.82) is 0 Å². The van der Waals surface area contributed by atoms with Crippen LogP contribution in [0.2, 0.25) is 0 Å². The third kappa shape index (κ3) is 3.39. The maximum absolute atomic E-state index is 12.7. The summed E-state index contributed by atoms with van der Waals surface area (Å²) < 4.78 is 33.0.